The van der Waals surface area contributed by atoms with Crippen LogP contribution in [0.15, 0.2) is 28.2 Å². The second-order valence-corrected chi connectivity index (χ2v) is 5.00. The van der Waals surface area contributed by atoms with Crippen molar-refractivity contribution in [1.82, 2.24) is 10.3 Å². The van der Waals surface area contributed by atoms with Gasteiger partial charge in [-0.05, 0) is 19.1 Å². The van der Waals surface area contributed by atoms with E-state index in [9.17, 15) is 4.79 Å². The van der Waals surface area contributed by atoms with Crippen molar-refractivity contribution in [1.29, 1.82) is 0 Å². The van der Waals surface area contributed by atoms with Crippen molar-refractivity contribution < 1.29 is 9.21 Å². The van der Waals surface area contributed by atoms with E-state index >= 15 is 0 Å². The molecule has 0 aliphatic rings. The van der Waals surface area contributed by atoms with Crippen LogP contribution in [0.3, 0.4) is 0 Å². The predicted octanol–water partition coefficient (Wildman–Crippen LogP) is 1.61. The second kappa shape index (κ2) is 5.68. The van der Waals surface area contributed by atoms with Gasteiger partial charge < -0.3 is 15.5 Å². The maximum absolute atomic E-state index is 11.7. The van der Waals surface area contributed by atoms with Gasteiger partial charge in [0.25, 0.3) is 0 Å². The molecule has 5 nitrogen and oxygen atoms in total. The summed E-state index contributed by atoms with van der Waals surface area (Å²) in [4.78, 5) is 15.8. The van der Waals surface area contributed by atoms with Crippen molar-refractivity contribution in [3.05, 3.63) is 35.2 Å². The normalized spacial score (nSPS) is 12.3. The lowest BCUT2D eigenvalue weighted by molar-refractivity contribution is -0.121. The number of rotatable bonds is 5. The Kier molecular flexibility index (Phi) is 3.99. The fourth-order valence-corrected chi connectivity index (χ4v) is 2.24. The van der Waals surface area contributed by atoms with Gasteiger partial charge in [0.1, 0.15) is 5.76 Å². The average Bonchev–Trinajstić information content (AvgIpc) is 2.90. The van der Waals surface area contributed by atoms with Crippen LogP contribution >= 0.6 is 11.3 Å². The van der Waals surface area contributed by atoms with E-state index in [0.29, 0.717) is 17.2 Å². The summed E-state index contributed by atoms with van der Waals surface area (Å²) in [5, 5.41) is 5.19. The van der Waals surface area contributed by atoms with Crippen LogP contribution in [0.5, 0.6) is 0 Å². The molecule has 1 unspecified atom stereocenters. The maximum atomic E-state index is 11.7. The van der Waals surface area contributed by atoms with E-state index in [4.69, 9.17) is 10.2 Å². The highest BCUT2D eigenvalue weighted by Gasteiger charge is 2.11. The molecule has 0 fully saturated rings. The molecule has 0 radical (unpaired) electrons. The molecule has 96 valence electrons. The molecule has 0 aliphatic heterocycles. The molecule has 2 aromatic heterocycles. The quantitative estimate of drug-likeness (QED) is 0.860. The van der Waals surface area contributed by atoms with Crippen molar-refractivity contribution >= 4 is 22.4 Å². The molecule has 0 saturated carbocycles. The number of nitrogens with two attached hydrogens (primary N) is 1. The number of nitrogens with zero attached hydrogens (tertiary/aromatic N) is 1. The number of hydrogen-bond donors (Lipinski definition) is 2. The monoisotopic (exact) mass is 265 g/mol. The van der Waals surface area contributed by atoms with Crippen LogP contribution < -0.4 is 11.1 Å². The van der Waals surface area contributed by atoms with E-state index in [1.807, 2.05) is 19.1 Å². The first-order valence-corrected chi connectivity index (χ1v) is 6.53. The summed E-state index contributed by atoms with van der Waals surface area (Å²) >= 11 is 1.34. The SMILES string of the molecule is CC(Cc1ccco1)NC(=O)Cc1csc(N)n1. The molecule has 6 heteroatoms. The zero-order valence-corrected chi connectivity index (χ0v) is 10.9. The van der Waals surface area contributed by atoms with Crippen LogP contribution in [-0.4, -0.2) is 16.9 Å². The molecule has 0 aromatic carbocycles. The number of hydrogen-bond acceptors (Lipinski definition) is 5. The van der Waals surface area contributed by atoms with Crippen LogP contribution in [0.1, 0.15) is 18.4 Å². The van der Waals surface area contributed by atoms with Gasteiger partial charge in [-0.2, -0.15) is 0 Å². The third-order valence-corrected chi connectivity index (χ3v) is 3.13. The molecule has 0 saturated heterocycles. The van der Waals surface area contributed by atoms with Crippen LogP contribution in [0.25, 0.3) is 0 Å². The number of nitrogen functional groups attached to an aromatic ring is 1. The molecule has 1 atom stereocenters. The first kappa shape index (κ1) is 12.6. The second-order valence-electron chi connectivity index (χ2n) is 4.11. The summed E-state index contributed by atoms with van der Waals surface area (Å²) in [6.07, 6.45) is 2.57. The Bertz CT molecular complexity index is 507. The number of aromatic nitrogens is 1. The minimum Gasteiger partial charge on any atom is -0.469 e. The van der Waals surface area contributed by atoms with Gasteiger partial charge in [0.15, 0.2) is 5.13 Å². The lowest BCUT2D eigenvalue weighted by Gasteiger charge is -2.11. The molecule has 2 heterocycles. The Hall–Kier alpha value is -1.82. The molecule has 2 rings (SSSR count). The first-order chi connectivity index (χ1) is 8.63. The van der Waals surface area contributed by atoms with Crippen LogP contribution in [-0.2, 0) is 17.6 Å². The van der Waals surface area contributed by atoms with E-state index in [-0.39, 0.29) is 18.4 Å². The van der Waals surface area contributed by atoms with Crippen LogP contribution in [0, 0.1) is 0 Å². The van der Waals surface area contributed by atoms with Crippen molar-refractivity contribution in [2.75, 3.05) is 5.73 Å². The molecule has 0 spiro atoms. The Morgan fingerprint density at radius 2 is 2.50 bits per heavy atom. The molecule has 2 aromatic rings. The van der Waals surface area contributed by atoms with E-state index in [1.54, 1.807) is 11.6 Å². The molecule has 0 aliphatic carbocycles. The van der Waals surface area contributed by atoms with Crippen molar-refractivity contribution in [2.45, 2.75) is 25.8 Å². The van der Waals surface area contributed by atoms with Gasteiger partial charge in [0.2, 0.25) is 5.91 Å². The number of furan rings is 1. The molecule has 18 heavy (non-hydrogen) atoms. The zero-order chi connectivity index (χ0) is 13.0. The summed E-state index contributed by atoms with van der Waals surface area (Å²) in [6.45, 7) is 1.94. The van der Waals surface area contributed by atoms with Crippen molar-refractivity contribution in [2.24, 2.45) is 0 Å². The summed E-state index contributed by atoms with van der Waals surface area (Å²) in [6, 6.07) is 3.76. The summed E-state index contributed by atoms with van der Waals surface area (Å²) in [5.41, 5.74) is 6.22. The Morgan fingerprint density at radius 1 is 1.67 bits per heavy atom. The highest BCUT2D eigenvalue weighted by atomic mass is 32.1. The Balaban J connectivity index is 1.80. The summed E-state index contributed by atoms with van der Waals surface area (Å²) in [5.74, 6) is 0.806. The van der Waals surface area contributed by atoms with Gasteiger partial charge in [-0.15, -0.1) is 11.3 Å². The van der Waals surface area contributed by atoms with Crippen LogP contribution in [0.2, 0.25) is 0 Å². The minimum atomic E-state index is -0.0562. The number of nitrogens with one attached hydrogen (secondary N) is 1. The first-order valence-electron chi connectivity index (χ1n) is 5.65. The van der Waals surface area contributed by atoms with E-state index in [1.165, 1.54) is 11.3 Å². The number of carbonyl (C=O) groups excluding carboxylic acids is 1. The zero-order valence-electron chi connectivity index (χ0n) is 10.1. The third-order valence-electron chi connectivity index (χ3n) is 2.41. The van der Waals surface area contributed by atoms with Crippen molar-refractivity contribution in [3.63, 3.8) is 0 Å². The number of amides is 1. The summed E-state index contributed by atoms with van der Waals surface area (Å²) in [7, 11) is 0. The van der Waals surface area contributed by atoms with E-state index < -0.39 is 0 Å². The molecular weight excluding hydrogens is 250 g/mol. The number of carbonyl (C=O) groups is 1. The van der Waals surface area contributed by atoms with E-state index in [0.717, 1.165) is 5.76 Å². The Labute approximate surface area is 109 Å². The van der Waals surface area contributed by atoms with Gasteiger partial charge in [-0.25, -0.2) is 4.98 Å². The fraction of sp³-hybridized carbons (Fsp3) is 0.333. The van der Waals surface area contributed by atoms with Gasteiger partial charge >= 0.3 is 0 Å². The molecule has 3 N–H and O–H groups in total. The molecule has 1 amide bonds. The molecule has 0 bridgehead atoms. The van der Waals surface area contributed by atoms with Crippen LogP contribution in [0.4, 0.5) is 5.13 Å². The van der Waals surface area contributed by atoms with Gasteiger partial charge in [-0.1, -0.05) is 0 Å². The highest BCUT2D eigenvalue weighted by Crippen LogP contribution is 2.11. The third kappa shape index (κ3) is 3.59. The van der Waals surface area contributed by atoms with Gasteiger partial charge in [0, 0.05) is 17.8 Å². The number of thiazole rings is 1. The van der Waals surface area contributed by atoms with Crippen molar-refractivity contribution in [3.8, 4) is 0 Å². The minimum absolute atomic E-state index is 0.0274. The highest BCUT2D eigenvalue weighted by molar-refractivity contribution is 7.13. The topological polar surface area (TPSA) is 81.2 Å². The van der Waals surface area contributed by atoms with E-state index in [2.05, 4.69) is 10.3 Å². The lowest BCUT2D eigenvalue weighted by Crippen LogP contribution is -2.35. The van der Waals surface area contributed by atoms with Gasteiger partial charge in [-0.3, -0.25) is 4.79 Å². The maximum Gasteiger partial charge on any atom is 0.226 e. The smallest absolute Gasteiger partial charge is 0.226 e. The fourth-order valence-electron chi connectivity index (χ4n) is 1.68. The van der Waals surface area contributed by atoms with Gasteiger partial charge in [0.05, 0.1) is 18.4 Å². The lowest BCUT2D eigenvalue weighted by atomic mass is 10.2. The standard InChI is InChI=1S/C12H15N3O2S/c1-8(5-10-3-2-4-17-10)14-11(16)6-9-7-18-12(13)15-9/h2-4,7-8H,5-6H2,1H3,(H2,13,15)(H,14,16). The summed E-state index contributed by atoms with van der Waals surface area (Å²) < 4.78 is 5.23. The average molecular weight is 265 g/mol. The number of anilines is 1. The Morgan fingerprint density at radius 3 is 3.11 bits per heavy atom. The predicted molar refractivity (Wildman–Crippen MR) is 70.2 cm³/mol. The largest absolute Gasteiger partial charge is 0.469 e. The molecular formula is C12H15N3O2S.